The van der Waals surface area contributed by atoms with Crippen molar-refractivity contribution in [2.75, 3.05) is 6.61 Å². The molecule has 11 heteroatoms. The van der Waals surface area contributed by atoms with E-state index >= 15 is 0 Å². The Morgan fingerprint density at radius 1 is 1.38 bits per heavy atom. The second-order valence-corrected chi connectivity index (χ2v) is 15.2. The first kappa shape index (κ1) is 24.8. The Morgan fingerprint density at radius 2 is 2.09 bits per heavy atom. The topological polar surface area (TPSA) is 113 Å². The van der Waals surface area contributed by atoms with E-state index in [0.29, 0.717) is 9.13 Å². The lowest BCUT2D eigenvalue weighted by Gasteiger charge is -2.37. The maximum atomic E-state index is 12.6. The average Bonchev–Trinajstić information content (AvgIpc) is 3.11. The van der Waals surface area contributed by atoms with Gasteiger partial charge in [-0.25, -0.2) is 9.59 Å². The number of esters is 1. The van der Waals surface area contributed by atoms with E-state index in [9.17, 15) is 14.4 Å². The number of ether oxygens (including phenoxy) is 2. The van der Waals surface area contributed by atoms with E-state index in [1.807, 2.05) is 22.6 Å². The minimum Gasteiger partial charge on any atom is -0.456 e. The number of rotatable bonds is 6. The molecule has 9 nitrogen and oxygen atoms in total. The van der Waals surface area contributed by atoms with Gasteiger partial charge in [0.15, 0.2) is 8.32 Å². The summed E-state index contributed by atoms with van der Waals surface area (Å²) < 4.78 is 19.9. The van der Waals surface area contributed by atoms with Crippen LogP contribution in [0.4, 0.5) is 0 Å². The van der Waals surface area contributed by atoms with E-state index in [2.05, 4.69) is 43.8 Å². The summed E-state index contributed by atoms with van der Waals surface area (Å²) >= 11 is 1.86. The van der Waals surface area contributed by atoms with Gasteiger partial charge in [0.25, 0.3) is 5.56 Å². The first-order valence-corrected chi connectivity index (χ1v) is 14.3. The first-order chi connectivity index (χ1) is 14.9. The minimum absolute atomic E-state index is 0.00114. The van der Waals surface area contributed by atoms with Gasteiger partial charge in [0.2, 0.25) is 0 Å². The van der Waals surface area contributed by atoms with E-state index in [-0.39, 0.29) is 18.1 Å². The molecule has 2 aromatic rings. The molecule has 3 rings (SSSR count). The Balaban J connectivity index is 1.84. The highest BCUT2D eigenvalue weighted by Gasteiger charge is 2.43. The third-order valence-corrected chi connectivity index (χ3v) is 11.3. The van der Waals surface area contributed by atoms with Gasteiger partial charge in [-0.15, -0.1) is 0 Å². The van der Waals surface area contributed by atoms with Crippen LogP contribution in [0.3, 0.4) is 0 Å². The van der Waals surface area contributed by atoms with Gasteiger partial charge in [-0.2, -0.15) is 0 Å². The summed E-state index contributed by atoms with van der Waals surface area (Å²) in [6.45, 7) is 10.9. The molecule has 32 heavy (non-hydrogen) atoms. The molecule has 0 unspecified atom stereocenters. The van der Waals surface area contributed by atoms with Crippen molar-refractivity contribution >= 4 is 36.9 Å². The quantitative estimate of drug-likeness (QED) is 0.321. The number of nitrogens with one attached hydrogen (secondary N) is 1. The third-order valence-electron chi connectivity index (χ3n) is 5.99. The van der Waals surface area contributed by atoms with Gasteiger partial charge in [-0.05, 0) is 52.9 Å². The Labute approximate surface area is 200 Å². The molecule has 1 N–H and O–H groups in total. The van der Waals surface area contributed by atoms with Crippen LogP contribution in [0, 0.1) is 3.57 Å². The first-order valence-electron chi connectivity index (χ1n) is 10.3. The molecule has 3 heterocycles. The van der Waals surface area contributed by atoms with Crippen LogP contribution in [-0.4, -0.2) is 47.6 Å². The maximum absolute atomic E-state index is 12.6. The number of H-pyrrole nitrogens is 1. The zero-order valence-electron chi connectivity index (χ0n) is 18.8. The highest BCUT2D eigenvalue weighted by atomic mass is 127. The van der Waals surface area contributed by atoms with Crippen molar-refractivity contribution in [2.24, 2.45) is 0 Å². The summed E-state index contributed by atoms with van der Waals surface area (Å²) in [5, 5.41) is -0.00114. The summed E-state index contributed by atoms with van der Waals surface area (Å²) in [5.41, 5.74) is -0.707. The molecule has 174 valence electrons. The normalized spacial score (nSPS) is 21.5. The summed E-state index contributed by atoms with van der Waals surface area (Å²) in [4.78, 5) is 43.0. The van der Waals surface area contributed by atoms with Crippen LogP contribution in [0.2, 0.25) is 18.1 Å². The SMILES string of the molecule is CC(C)(C)[Si](C)(C)OC[C@H]1O[C@@H](n2cc(I)c(=O)[nH]c2=O)C[C@@H]1OC(=O)c1cccnc1. The maximum Gasteiger partial charge on any atom is 0.340 e. The lowest BCUT2D eigenvalue weighted by atomic mass is 10.2. The fourth-order valence-electron chi connectivity index (χ4n) is 3.02. The van der Waals surface area contributed by atoms with Crippen molar-refractivity contribution in [1.82, 2.24) is 14.5 Å². The number of aromatic nitrogens is 3. The summed E-state index contributed by atoms with van der Waals surface area (Å²) in [7, 11) is -2.08. The number of hydrogen-bond acceptors (Lipinski definition) is 7. The number of carbonyl (C=O) groups is 1. The summed E-state index contributed by atoms with van der Waals surface area (Å²) in [6, 6.07) is 3.28. The van der Waals surface area contributed by atoms with E-state index in [1.165, 1.54) is 17.0 Å². The smallest absolute Gasteiger partial charge is 0.340 e. The number of aromatic amines is 1. The van der Waals surface area contributed by atoms with Gasteiger partial charge in [0.1, 0.15) is 18.4 Å². The zero-order valence-corrected chi connectivity index (χ0v) is 21.9. The monoisotopic (exact) mass is 573 g/mol. The predicted molar refractivity (Wildman–Crippen MR) is 129 cm³/mol. The summed E-state index contributed by atoms with van der Waals surface area (Å²) in [5.74, 6) is -0.520. The zero-order chi connectivity index (χ0) is 23.7. The molecule has 1 aliphatic rings. The van der Waals surface area contributed by atoms with Crippen LogP contribution in [0.15, 0.2) is 40.3 Å². The molecule has 0 aromatic carbocycles. The third kappa shape index (κ3) is 5.56. The molecule has 0 saturated carbocycles. The average molecular weight is 573 g/mol. The van der Waals surface area contributed by atoms with Gasteiger partial charge < -0.3 is 13.9 Å². The van der Waals surface area contributed by atoms with Crippen LogP contribution in [-0.2, 0) is 13.9 Å². The molecule has 1 saturated heterocycles. The van der Waals surface area contributed by atoms with Gasteiger partial charge in [0.05, 0.1) is 15.7 Å². The van der Waals surface area contributed by atoms with Crippen molar-refractivity contribution in [2.45, 2.75) is 63.8 Å². The lowest BCUT2D eigenvalue weighted by molar-refractivity contribution is -0.0498. The Morgan fingerprint density at radius 3 is 2.72 bits per heavy atom. The van der Waals surface area contributed by atoms with E-state index < -0.39 is 44.0 Å². The van der Waals surface area contributed by atoms with Gasteiger partial charge in [-0.3, -0.25) is 19.3 Å². The van der Waals surface area contributed by atoms with Crippen molar-refractivity contribution in [3.8, 4) is 0 Å². The van der Waals surface area contributed by atoms with Crippen LogP contribution in [0.25, 0.3) is 0 Å². The van der Waals surface area contributed by atoms with Crippen LogP contribution in [0.1, 0.15) is 43.8 Å². The Kier molecular flexibility index (Phi) is 7.42. The molecule has 0 amide bonds. The molecule has 0 bridgehead atoms. The van der Waals surface area contributed by atoms with E-state index in [1.54, 1.807) is 18.3 Å². The number of pyridine rings is 1. The molecular formula is C21H28IN3O6Si. The van der Waals surface area contributed by atoms with Crippen molar-refractivity contribution < 1.29 is 18.7 Å². The molecular weight excluding hydrogens is 545 g/mol. The highest BCUT2D eigenvalue weighted by Crippen LogP contribution is 2.38. The molecule has 1 fully saturated rings. The molecule has 1 aliphatic heterocycles. The highest BCUT2D eigenvalue weighted by molar-refractivity contribution is 14.1. The van der Waals surface area contributed by atoms with Crippen LogP contribution >= 0.6 is 22.6 Å². The van der Waals surface area contributed by atoms with Gasteiger partial charge in [0, 0.05) is 25.0 Å². The van der Waals surface area contributed by atoms with Crippen molar-refractivity contribution in [3.63, 3.8) is 0 Å². The standard InChI is InChI=1S/C21H28IN3O6Si/c1-21(2,3)32(4,5)29-12-16-15(31-19(27)13-7-6-8-23-10-13)9-17(30-16)25-11-14(22)18(26)24-20(25)28/h6-8,10-11,15-17H,9,12H2,1-5H3,(H,24,26,28)/t15-,16+,17+/m0/s1. The molecule has 2 aromatic heterocycles. The fourth-order valence-corrected chi connectivity index (χ4v) is 4.46. The lowest BCUT2D eigenvalue weighted by Crippen LogP contribution is -2.44. The van der Waals surface area contributed by atoms with Crippen LogP contribution < -0.4 is 11.2 Å². The van der Waals surface area contributed by atoms with E-state index in [4.69, 9.17) is 13.9 Å². The minimum atomic E-state index is -2.08. The van der Waals surface area contributed by atoms with Crippen molar-refractivity contribution in [1.29, 1.82) is 0 Å². The number of carbonyl (C=O) groups excluding carboxylic acids is 1. The van der Waals surface area contributed by atoms with E-state index in [0.717, 1.165) is 0 Å². The molecule has 3 atom stereocenters. The largest absolute Gasteiger partial charge is 0.456 e. The fraction of sp³-hybridized carbons (Fsp3) is 0.524. The second-order valence-electron chi connectivity index (χ2n) is 9.27. The molecule has 0 radical (unpaired) electrons. The Bertz CT molecular complexity index is 1080. The number of nitrogens with zero attached hydrogens (tertiary/aromatic N) is 2. The van der Waals surface area contributed by atoms with Crippen LogP contribution in [0.5, 0.6) is 0 Å². The summed E-state index contributed by atoms with van der Waals surface area (Å²) in [6.07, 6.45) is 2.81. The second kappa shape index (κ2) is 9.57. The molecule has 0 aliphatic carbocycles. The van der Waals surface area contributed by atoms with Gasteiger partial charge in [-0.1, -0.05) is 20.8 Å². The number of halogens is 1. The van der Waals surface area contributed by atoms with Gasteiger partial charge >= 0.3 is 11.7 Å². The predicted octanol–water partition coefficient (Wildman–Crippen LogP) is 3.07. The molecule has 0 spiro atoms. The van der Waals surface area contributed by atoms with Crippen molar-refractivity contribution in [3.05, 3.63) is 60.7 Å². The number of hydrogen-bond donors (Lipinski definition) is 1. The Hall–Kier alpha value is -1.83.